The van der Waals surface area contributed by atoms with Gasteiger partial charge in [-0.15, -0.1) is 0 Å². The number of benzene rings is 1. The van der Waals surface area contributed by atoms with Crippen molar-refractivity contribution in [3.63, 3.8) is 0 Å². The van der Waals surface area contributed by atoms with Crippen LogP contribution in [-0.4, -0.2) is 25.2 Å². The topological polar surface area (TPSA) is 38.3 Å². The summed E-state index contributed by atoms with van der Waals surface area (Å²) in [5, 5.41) is 2.79. The van der Waals surface area contributed by atoms with Gasteiger partial charge in [0.25, 0.3) is 5.91 Å². The molecule has 2 rings (SSSR count). The van der Waals surface area contributed by atoms with E-state index in [1.807, 2.05) is 13.8 Å². The normalized spacial score (nSPS) is 17.6. The lowest BCUT2D eigenvalue weighted by molar-refractivity contribution is -0.135. The molecule has 1 aliphatic rings. The number of halogens is 1. The third-order valence-electron chi connectivity index (χ3n) is 2.75. The number of nitrogens with one attached hydrogen (secondary N) is 1. The van der Waals surface area contributed by atoms with Gasteiger partial charge in [-0.3, -0.25) is 4.79 Å². The Kier molecular flexibility index (Phi) is 3.15. The van der Waals surface area contributed by atoms with Gasteiger partial charge in [0.2, 0.25) is 0 Å². The van der Waals surface area contributed by atoms with Gasteiger partial charge in [0.1, 0.15) is 0 Å². The SMILES string of the molecule is CC(C)NC(=O)c1ccc(C2(F)COC2)cc1. The van der Waals surface area contributed by atoms with E-state index in [2.05, 4.69) is 5.32 Å². The molecular formula is C13H16FNO2. The van der Waals surface area contributed by atoms with Crippen molar-refractivity contribution in [2.75, 3.05) is 13.2 Å². The summed E-state index contributed by atoms with van der Waals surface area (Å²) in [5.74, 6) is -0.135. The fourth-order valence-corrected chi connectivity index (χ4v) is 1.71. The molecular weight excluding hydrogens is 221 g/mol. The van der Waals surface area contributed by atoms with E-state index in [1.165, 1.54) is 0 Å². The predicted octanol–water partition coefficient (Wildman–Crippen LogP) is 2.02. The van der Waals surface area contributed by atoms with Gasteiger partial charge >= 0.3 is 0 Å². The highest BCUT2D eigenvalue weighted by Crippen LogP contribution is 2.33. The Morgan fingerprint density at radius 2 is 1.94 bits per heavy atom. The third-order valence-corrected chi connectivity index (χ3v) is 2.75. The highest BCUT2D eigenvalue weighted by atomic mass is 19.1. The van der Waals surface area contributed by atoms with E-state index in [1.54, 1.807) is 24.3 Å². The summed E-state index contributed by atoms with van der Waals surface area (Å²) in [6, 6.07) is 6.68. The molecule has 0 unspecified atom stereocenters. The van der Waals surface area contributed by atoms with Crippen LogP contribution in [0.5, 0.6) is 0 Å². The van der Waals surface area contributed by atoms with Crippen molar-refractivity contribution in [1.82, 2.24) is 5.32 Å². The van der Waals surface area contributed by atoms with E-state index in [-0.39, 0.29) is 25.2 Å². The maximum absolute atomic E-state index is 14.0. The van der Waals surface area contributed by atoms with Crippen molar-refractivity contribution in [2.24, 2.45) is 0 Å². The molecule has 0 atom stereocenters. The lowest BCUT2D eigenvalue weighted by Crippen LogP contribution is -2.42. The molecule has 0 bridgehead atoms. The van der Waals surface area contributed by atoms with Crippen LogP contribution in [0.3, 0.4) is 0 Å². The maximum Gasteiger partial charge on any atom is 0.251 e. The molecule has 4 heteroatoms. The van der Waals surface area contributed by atoms with Crippen LogP contribution >= 0.6 is 0 Å². The van der Waals surface area contributed by atoms with E-state index in [9.17, 15) is 9.18 Å². The first-order valence-corrected chi connectivity index (χ1v) is 5.69. The molecule has 0 aliphatic carbocycles. The van der Waals surface area contributed by atoms with Crippen LogP contribution in [-0.2, 0) is 10.4 Å². The summed E-state index contributed by atoms with van der Waals surface area (Å²) < 4.78 is 18.8. The van der Waals surface area contributed by atoms with Crippen LogP contribution in [0.15, 0.2) is 24.3 Å². The zero-order valence-electron chi connectivity index (χ0n) is 10.00. The second-order valence-corrected chi connectivity index (χ2v) is 4.66. The summed E-state index contributed by atoms with van der Waals surface area (Å²) in [6.45, 7) is 4.00. The first-order valence-electron chi connectivity index (χ1n) is 5.69. The average Bonchev–Trinajstić information content (AvgIpc) is 2.25. The van der Waals surface area contributed by atoms with Gasteiger partial charge in [-0.2, -0.15) is 0 Å². The van der Waals surface area contributed by atoms with Crippen LogP contribution < -0.4 is 5.32 Å². The van der Waals surface area contributed by atoms with Crippen molar-refractivity contribution in [3.05, 3.63) is 35.4 Å². The van der Waals surface area contributed by atoms with E-state index in [0.717, 1.165) is 0 Å². The fraction of sp³-hybridized carbons (Fsp3) is 0.462. The summed E-state index contributed by atoms with van der Waals surface area (Å²) >= 11 is 0. The highest BCUT2D eigenvalue weighted by Gasteiger charge is 2.40. The molecule has 1 saturated heterocycles. The zero-order chi connectivity index (χ0) is 12.5. The lowest BCUT2D eigenvalue weighted by atomic mass is 9.93. The van der Waals surface area contributed by atoms with E-state index >= 15 is 0 Å². The van der Waals surface area contributed by atoms with Crippen molar-refractivity contribution in [1.29, 1.82) is 0 Å². The monoisotopic (exact) mass is 237 g/mol. The molecule has 0 radical (unpaired) electrons. The summed E-state index contributed by atoms with van der Waals surface area (Å²) in [7, 11) is 0. The number of hydrogen-bond acceptors (Lipinski definition) is 2. The van der Waals surface area contributed by atoms with Crippen molar-refractivity contribution >= 4 is 5.91 Å². The van der Waals surface area contributed by atoms with Crippen LogP contribution in [0.1, 0.15) is 29.8 Å². The highest BCUT2D eigenvalue weighted by molar-refractivity contribution is 5.94. The molecule has 0 spiro atoms. The van der Waals surface area contributed by atoms with Crippen LogP contribution in [0.25, 0.3) is 0 Å². The Hall–Kier alpha value is -1.42. The van der Waals surface area contributed by atoms with E-state index in [4.69, 9.17) is 4.74 Å². The quantitative estimate of drug-likeness (QED) is 0.873. The standard InChI is InChI=1S/C13H16FNO2/c1-9(2)15-12(16)10-3-5-11(6-4-10)13(14)7-17-8-13/h3-6,9H,7-8H2,1-2H3,(H,15,16). The second-order valence-electron chi connectivity index (χ2n) is 4.66. The third kappa shape index (κ3) is 2.47. The number of alkyl halides is 1. The first-order chi connectivity index (χ1) is 8.01. The van der Waals surface area contributed by atoms with Crippen LogP contribution in [0, 0.1) is 0 Å². The minimum Gasteiger partial charge on any atom is -0.374 e. The number of amides is 1. The molecule has 3 nitrogen and oxygen atoms in total. The number of ether oxygens (including phenoxy) is 1. The number of hydrogen-bond donors (Lipinski definition) is 1. The Morgan fingerprint density at radius 1 is 1.35 bits per heavy atom. The van der Waals surface area contributed by atoms with E-state index < -0.39 is 5.67 Å². The molecule has 0 saturated carbocycles. The van der Waals surface area contributed by atoms with Crippen LogP contribution in [0.4, 0.5) is 4.39 Å². The molecule has 17 heavy (non-hydrogen) atoms. The van der Waals surface area contributed by atoms with Gasteiger partial charge in [0, 0.05) is 11.6 Å². The summed E-state index contributed by atoms with van der Waals surface area (Å²) in [6.07, 6.45) is 0. The molecule has 1 aliphatic heterocycles. The molecule has 1 fully saturated rings. The van der Waals surface area contributed by atoms with Gasteiger partial charge in [-0.1, -0.05) is 12.1 Å². The molecule has 1 N–H and O–H groups in total. The molecule has 1 amide bonds. The summed E-state index contributed by atoms with van der Waals surface area (Å²) in [5.41, 5.74) is -0.247. The molecule has 0 aromatic heterocycles. The van der Waals surface area contributed by atoms with Gasteiger partial charge in [-0.25, -0.2) is 4.39 Å². The molecule has 1 heterocycles. The van der Waals surface area contributed by atoms with Gasteiger partial charge in [0.05, 0.1) is 13.2 Å². The number of rotatable bonds is 3. The minimum absolute atomic E-state index is 0.0923. The Labute approximate surface area is 100.0 Å². The maximum atomic E-state index is 14.0. The smallest absolute Gasteiger partial charge is 0.251 e. The Balaban J connectivity index is 2.10. The van der Waals surface area contributed by atoms with Crippen molar-refractivity contribution in [2.45, 2.75) is 25.6 Å². The zero-order valence-corrected chi connectivity index (χ0v) is 10.00. The molecule has 1 aromatic rings. The van der Waals surface area contributed by atoms with Gasteiger partial charge in [0.15, 0.2) is 5.67 Å². The van der Waals surface area contributed by atoms with Crippen molar-refractivity contribution < 1.29 is 13.9 Å². The fourth-order valence-electron chi connectivity index (χ4n) is 1.71. The largest absolute Gasteiger partial charge is 0.374 e. The Morgan fingerprint density at radius 3 is 2.35 bits per heavy atom. The second kappa shape index (κ2) is 4.45. The van der Waals surface area contributed by atoms with Gasteiger partial charge in [-0.05, 0) is 31.5 Å². The first kappa shape index (κ1) is 12.0. The predicted molar refractivity (Wildman–Crippen MR) is 62.6 cm³/mol. The number of carbonyl (C=O) groups is 1. The Bertz CT molecular complexity index is 410. The van der Waals surface area contributed by atoms with Crippen LogP contribution in [0.2, 0.25) is 0 Å². The lowest BCUT2D eigenvalue weighted by Gasteiger charge is -2.34. The minimum atomic E-state index is -1.37. The van der Waals surface area contributed by atoms with Gasteiger partial charge < -0.3 is 10.1 Å². The average molecular weight is 237 g/mol. The summed E-state index contributed by atoms with van der Waals surface area (Å²) in [4.78, 5) is 11.7. The van der Waals surface area contributed by atoms with E-state index in [0.29, 0.717) is 11.1 Å². The number of carbonyl (C=O) groups excluding carboxylic acids is 1. The molecule has 92 valence electrons. The molecule has 1 aromatic carbocycles. The van der Waals surface area contributed by atoms with Crippen molar-refractivity contribution in [3.8, 4) is 0 Å².